The van der Waals surface area contributed by atoms with Crippen molar-refractivity contribution in [2.24, 2.45) is 0 Å². The minimum absolute atomic E-state index is 0.0739. The van der Waals surface area contributed by atoms with Crippen LogP contribution < -0.4 is 10.2 Å². The number of amides is 1. The van der Waals surface area contributed by atoms with Crippen LogP contribution in [0.15, 0.2) is 41.3 Å². The van der Waals surface area contributed by atoms with Gasteiger partial charge in [-0.15, -0.1) is 0 Å². The van der Waals surface area contributed by atoms with Gasteiger partial charge in [0, 0.05) is 31.2 Å². The summed E-state index contributed by atoms with van der Waals surface area (Å²) < 4.78 is 47.4. The second kappa shape index (κ2) is 10.4. The van der Waals surface area contributed by atoms with E-state index in [0.717, 1.165) is 44.8 Å². The summed E-state index contributed by atoms with van der Waals surface area (Å²) in [4.78, 5) is 15.2. The average Bonchev–Trinajstić information content (AvgIpc) is 3.10. The molecule has 2 aromatic carbocycles. The summed E-state index contributed by atoms with van der Waals surface area (Å²) in [5, 5.41) is 2.98. The van der Waals surface area contributed by atoms with Crippen LogP contribution in [0.4, 0.5) is 15.8 Å². The summed E-state index contributed by atoms with van der Waals surface area (Å²) in [6, 6.07) is 8.51. The molecule has 0 bridgehead atoms. The average molecular weight is 496 g/mol. The molecule has 0 spiro atoms. The molecule has 0 atom stereocenters. The number of hydrogen-bond acceptors (Lipinski definition) is 5. The summed E-state index contributed by atoms with van der Waals surface area (Å²) in [7, 11) is -3.77. The van der Waals surface area contributed by atoms with Crippen molar-refractivity contribution in [1.29, 1.82) is 0 Å². The number of halogens is 2. The first-order valence-corrected chi connectivity index (χ1v) is 12.9. The molecule has 178 valence electrons. The number of nitrogens with one attached hydrogen (secondary N) is 1. The normalized spacial score (nSPS) is 18.1. The smallest absolute Gasteiger partial charge is 0.258 e. The van der Waals surface area contributed by atoms with Crippen molar-refractivity contribution in [3.63, 3.8) is 0 Å². The molecule has 33 heavy (non-hydrogen) atoms. The molecule has 4 rings (SSSR count). The van der Waals surface area contributed by atoms with Crippen LogP contribution in [-0.2, 0) is 14.8 Å². The van der Waals surface area contributed by atoms with Crippen molar-refractivity contribution in [2.75, 3.05) is 49.6 Å². The number of carbonyl (C=O) groups excluding carboxylic acids is 1. The maximum absolute atomic E-state index is 14.3. The van der Waals surface area contributed by atoms with Crippen molar-refractivity contribution in [2.45, 2.75) is 30.6 Å². The van der Waals surface area contributed by atoms with Crippen molar-refractivity contribution in [3.8, 4) is 0 Å². The van der Waals surface area contributed by atoms with Crippen molar-refractivity contribution in [1.82, 2.24) is 4.31 Å². The van der Waals surface area contributed by atoms with E-state index >= 15 is 0 Å². The zero-order chi connectivity index (χ0) is 23.4. The predicted molar refractivity (Wildman–Crippen MR) is 126 cm³/mol. The minimum Gasteiger partial charge on any atom is -0.379 e. The topological polar surface area (TPSA) is 79.0 Å². The van der Waals surface area contributed by atoms with Gasteiger partial charge in [0.2, 0.25) is 10.0 Å². The van der Waals surface area contributed by atoms with Gasteiger partial charge in [-0.25, -0.2) is 12.8 Å². The Kier molecular flexibility index (Phi) is 7.53. The van der Waals surface area contributed by atoms with Gasteiger partial charge in [0.1, 0.15) is 5.82 Å². The number of anilines is 2. The van der Waals surface area contributed by atoms with Crippen LogP contribution in [0.25, 0.3) is 0 Å². The molecular formula is C23H27ClFN3O4S. The quantitative estimate of drug-likeness (QED) is 0.674. The Morgan fingerprint density at radius 1 is 0.970 bits per heavy atom. The van der Waals surface area contributed by atoms with Crippen molar-refractivity contribution >= 4 is 38.9 Å². The molecule has 2 aromatic rings. The summed E-state index contributed by atoms with van der Waals surface area (Å²) in [5.41, 5.74) is 0.843. The zero-order valence-electron chi connectivity index (χ0n) is 18.2. The molecule has 2 aliphatic rings. The van der Waals surface area contributed by atoms with Gasteiger partial charge in [0.25, 0.3) is 5.91 Å². The highest BCUT2D eigenvalue weighted by Crippen LogP contribution is 2.32. The molecular weight excluding hydrogens is 469 g/mol. The molecule has 0 unspecified atom stereocenters. The third kappa shape index (κ3) is 5.48. The molecule has 7 nitrogen and oxygen atoms in total. The minimum atomic E-state index is -3.77. The monoisotopic (exact) mass is 495 g/mol. The van der Waals surface area contributed by atoms with E-state index in [9.17, 15) is 17.6 Å². The van der Waals surface area contributed by atoms with Gasteiger partial charge in [-0.1, -0.05) is 24.4 Å². The van der Waals surface area contributed by atoms with E-state index in [-0.39, 0.29) is 28.6 Å². The molecule has 2 heterocycles. The SMILES string of the molecule is O=C(Nc1cc(S(=O)(=O)N2CCOCC2)ccc1N1CCCCCC1)c1cc(Cl)ccc1F. The summed E-state index contributed by atoms with van der Waals surface area (Å²) in [6.07, 6.45) is 4.25. The highest BCUT2D eigenvalue weighted by molar-refractivity contribution is 7.89. The Balaban J connectivity index is 1.71. The number of carbonyl (C=O) groups is 1. The lowest BCUT2D eigenvalue weighted by Crippen LogP contribution is -2.40. The Morgan fingerprint density at radius 2 is 1.67 bits per heavy atom. The van der Waals surface area contributed by atoms with Crippen LogP contribution in [0.5, 0.6) is 0 Å². The van der Waals surface area contributed by atoms with Crippen molar-refractivity contribution < 1.29 is 22.3 Å². The molecule has 2 aliphatic heterocycles. The molecule has 2 fully saturated rings. The number of nitrogens with zero attached hydrogens (tertiary/aromatic N) is 2. The first-order valence-electron chi connectivity index (χ1n) is 11.1. The Morgan fingerprint density at radius 3 is 2.36 bits per heavy atom. The molecule has 0 radical (unpaired) electrons. The molecule has 0 saturated carbocycles. The first kappa shape index (κ1) is 23.9. The number of ether oxygens (including phenoxy) is 1. The lowest BCUT2D eigenvalue weighted by molar-refractivity contribution is 0.0730. The second-order valence-electron chi connectivity index (χ2n) is 8.17. The second-order valence-corrected chi connectivity index (χ2v) is 10.5. The van der Waals surface area contributed by atoms with E-state index in [0.29, 0.717) is 24.6 Å². The third-order valence-corrected chi connectivity index (χ3v) is 8.07. The van der Waals surface area contributed by atoms with Gasteiger partial charge in [0.05, 0.1) is 35.0 Å². The molecule has 0 aliphatic carbocycles. The van der Waals surface area contributed by atoms with E-state index in [1.54, 1.807) is 12.1 Å². The Labute approximate surface area is 198 Å². The Hall–Kier alpha value is -2.20. The predicted octanol–water partition coefficient (Wildman–Crippen LogP) is 4.13. The third-order valence-electron chi connectivity index (χ3n) is 5.94. The number of rotatable bonds is 5. The van der Waals surface area contributed by atoms with Crippen molar-refractivity contribution in [3.05, 3.63) is 52.8 Å². The van der Waals surface area contributed by atoms with Crippen LogP contribution in [0.3, 0.4) is 0 Å². The van der Waals surface area contributed by atoms with E-state index in [1.807, 2.05) is 0 Å². The van der Waals surface area contributed by atoms with Gasteiger partial charge < -0.3 is 15.0 Å². The van der Waals surface area contributed by atoms with E-state index in [4.69, 9.17) is 16.3 Å². The molecule has 2 saturated heterocycles. The van der Waals surface area contributed by atoms with Gasteiger partial charge >= 0.3 is 0 Å². The number of morpholine rings is 1. The maximum Gasteiger partial charge on any atom is 0.258 e. The fourth-order valence-electron chi connectivity index (χ4n) is 4.16. The van der Waals surface area contributed by atoms with Crippen LogP contribution in [0.1, 0.15) is 36.0 Å². The van der Waals surface area contributed by atoms with Gasteiger partial charge in [-0.05, 0) is 49.2 Å². The zero-order valence-corrected chi connectivity index (χ0v) is 19.8. The fraction of sp³-hybridized carbons (Fsp3) is 0.435. The van der Waals surface area contributed by atoms with Crippen LogP contribution in [0.2, 0.25) is 5.02 Å². The van der Waals surface area contributed by atoms with E-state index in [1.165, 1.54) is 22.5 Å². The molecule has 1 amide bonds. The first-order chi connectivity index (χ1) is 15.9. The summed E-state index contributed by atoms with van der Waals surface area (Å²) in [6.45, 7) is 2.80. The number of hydrogen-bond donors (Lipinski definition) is 1. The molecule has 1 N–H and O–H groups in total. The molecule has 0 aromatic heterocycles. The number of sulfonamides is 1. The lowest BCUT2D eigenvalue weighted by Gasteiger charge is -2.28. The van der Waals surface area contributed by atoms with E-state index < -0.39 is 21.7 Å². The standard InChI is InChI=1S/C23H27ClFN3O4S/c24-17-5-7-20(25)19(15-17)23(29)26-21-16-18(33(30,31)28-11-13-32-14-12-28)6-8-22(21)27-9-3-1-2-4-10-27/h5-8,15-16H,1-4,9-14H2,(H,26,29). The maximum atomic E-state index is 14.3. The van der Waals surface area contributed by atoms with Gasteiger partial charge in [-0.2, -0.15) is 4.31 Å². The molecule has 10 heteroatoms. The number of benzene rings is 2. The largest absolute Gasteiger partial charge is 0.379 e. The highest BCUT2D eigenvalue weighted by Gasteiger charge is 2.28. The Bertz CT molecular complexity index is 1110. The lowest BCUT2D eigenvalue weighted by atomic mass is 10.1. The van der Waals surface area contributed by atoms with Crippen LogP contribution in [0, 0.1) is 5.82 Å². The summed E-state index contributed by atoms with van der Waals surface area (Å²) in [5.74, 6) is -1.39. The fourth-order valence-corrected chi connectivity index (χ4v) is 5.77. The van der Waals surface area contributed by atoms with Crippen LogP contribution >= 0.6 is 11.6 Å². The van der Waals surface area contributed by atoms with Crippen LogP contribution in [-0.4, -0.2) is 58.0 Å². The van der Waals surface area contributed by atoms with E-state index in [2.05, 4.69) is 10.2 Å². The van der Waals surface area contributed by atoms with Gasteiger partial charge in [-0.3, -0.25) is 4.79 Å². The highest BCUT2D eigenvalue weighted by atomic mass is 35.5. The van der Waals surface area contributed by atoms with Gasteiger partial charge in [0.15, 0.2) is 0 Å². The summed E-state index contributed by atoms with van der Waals surface area (Å²) >= 11 is 5.96.